The first kappa shape index (κ1) is 18.4. The number of nitrogens with one attached hydrogen (secondary N) is 1. The molecule has 5 rings (SSSR count). The van der Waals surface area contributed by atoms with Crippen LogP contribution >= 0.6 is 0 Å². The smallest absolute Gasteiger partial charge is 0.258 e. The number of hydrogen-bond donors (Lipinski definition) is 1. The number of anilines is 1. The number of para-hydroxylation sites is 1. The van der Waals surface area contributed by atoms with E-state index in [2.05, 4.69) is 15.4 Å². The van der Waals surface area contributed by atoms with Gasteiger partial charge >= 0.3 is 0 Å². The van der Waals surface area contributed by atoms with Gasteiger partial charge in [-0.15, -0.1) is 0 Å². The minimum Gasteiger partial charge on any atom is -0.494 e. The van der Waals surface area contributed by atoms with Crippen molar-refractivity contribution < 1.29 is 14.3 Å². The van der Waals surface area contributed by atoms with Crippen LogP contribution in [0.3, 0.4) is 0 Å². The van der Waals surface area contributed by atoms with E-state index in [1.807, 2.05) is 37.5 Å². The predicted molar refractivity (Wildman–Crippen MR) is 109 cm³/mol. The molecule has 2 amide bonds. The number of pyridine rings is 1. The van der Waals surface area contributed by atoms with E-state index in [1.165, 1.54) is 13.3 Å². The molecule has 8 nitrogen and oxygen atoms in total. The highest BCUT2D eigenvalue weighted by Gasteiger charge is 2.59. The number of aromatic nitrogens is 3. The number of nitrogens with zero attached hydrogens (tertiary/aromatic N) is 4. The van der Waals surface area contributed by atoms with Crippen molar-refractivity contribution in [1.82, 2.24) is 19.7 Å². The van der Waals surface area contributed by atoms with Gasteiger partial charge in [-0.1, -0.05) is 18.2 Å². The third-order valence-electron chi connectivity index (χ3n) is 6.12. The molecule has 8 heteroatoms. The second-order valence-electron chi connectivity index (χ2n) is 7.65. The minimum atomic E-state index is -0.866. The lowest BCUT2D eigenvalue weighted by atomic mass is 9.73. The maximum atomic E-state index is 13.6. The van der Waals surface area contributed by atoms with E-state index in [9.17, 15) is 9.59 Å². The molecule has 152 valence electrons. The van der Waals surface area contributed by atoms with Crippen molar-refractivity contribution in [2.24, 2.45) is 7.05 Å². The summed E-state index contributed by atoms with van der Waals surface area (Å²) in [6.45, 7) is 0.436. The lowest BCUT2D eigenvalue weighted by Crippen LogP contribution is -2.42. The second-order valence-corrected chi connectivity index (χ2v) is 7.65. The number of hydrogen-bond acceptors (Lipinski definition) is 5. The number of amides is 2. The lowest BCUT2D eigenvalue weighted by Gasteiger charge is -2.33. The second kappa shape index (κ2) is 6.69. The van der Waals surface area contributed by atoms with E-state index in [4.69, 9.17) is 4.74 Å². The SMILES string of the molecule is COc1cnccc1C(=O)N1CC[C@]2(C(=O)Nc3ccccc32)[C@@H]1c1cnn(C)c1. The third-order valence-corrected chi connectivity index (χ3v) is 6.12. The van der Waals surface area contributed by atoms with Gasteiger partial charge in [-0.3, -0.25) is 19.3 Å². The van der Waals surface area contributed by atoms with Crippen LogP contribution in [0.15, 0.2) is 55.1 Å². The molecule has 1 N–H and O–H groups in total. The van der Waals surface area contributed by atoms with Gasteiger partial charge in [0.2, 0.25) is 5.91 Å². The molecule has 1 fully saturated rings. The molecule has 3 aromatic rings. The molecule has 0 radical (unpaired) electrons. The Bertz CT molecular complexity index is 1160. The van der Waals surface area contributed by atoms with Crippen LogP contribution < -0.4 is 10.1 Å². The summed E-state index contributed by atoms with van der Waals surface area (Å²) < 4.78 is 7.05. The number of rotatable bonds is 3. The van der Waals surface area contributed by atoms with E-state index < -0.39 is 11.5 Å². The largest absolute Gasteiger partial charge is 0.494 e. The molecule has 0 saturated carbocycles. The summed E-state index contributed by atoms with van der Waals surface area (Å²) in [6, 6.07) is 8.86. The van der Waals surface area contributed by atoms with E-state index in [0.717, 1.165) is 16.8 Å². The van der Waals surface area contributed by atoms with E-state index in [0.29, 0.717) is 24.3 Å². The summed E-state index contributed by atoms with van der Waals surface area (Å²) in [5, 5.41) is 7.33. The summed E-state index contributed by atoms with van der Waals surface area (Å²) in [4.78, 5) is 32.8. The molecule has 30 heavy (non-hydrogen) atoms. The highest BCUT2D eigenvalue weighted by Crippen LogP contribution is 2.55. The van der Waals surface area contributed by atoms with Gasteiger partial charge in [0, 0.05) is 37.2 Å². The molecule has 0 bridgehead atoms. The van der Waals surface area contributed by atoms with E-state index in [1.54, 1.807) is 28.0 Å². The van der Waals surface area contributed by atoms with Crippen LogP contribution in [0.4, 0.5) is 5.69 Å². The van der Waals surface area contributed by atoms with Gasteiger partial charge < -0.3 is 15.0 Å². The maximum absolute atomic E-state index is 13.6. The molecule has 2 aromatic heterocycles. The van der Waals surface area contributed by atoms with E-state index >= 15 is 0 Å². The van der Waals surface area contributed by atoms with E-state index in [-0.39, 0.29) is 11.8 Å². The number of carbonyl (C=O) groups is 2. The number of carbonyl (C=O) groups excluding carboxylic acids is 2. The van der Waals surface area contributed by atoms with Gasteiger partial charge in [-0.25, -0.2) is 0 Å². The Morgan fingerprint density at radius 2 is 2.10 bits per heavy atom. The number of likely N-dealkylation sites (tertiary alicyclic amines) is 1. The van der Waals surface area contributed by atoms with Crippen molar-refractivity contribution >= 4 is 17.5 Å². The zero-order valence-corrected chi connectivity index (χ0v) is 16.7. The fourth-order valence-electron chi connectivity index (χ4n) is 4.82. The third kappa shape index (κ3) is 2.46. The van der Waals surface area contributed by atoms with Gasteiger partial charge in [-0.05, 0) is 24.1 Å². The lowest BCUT2D eigenvalue weighted by molar-refractivity contribution is -0.121. The number of aryl methyl sites for hydroxylation is 1. The molecule has 2 aliphatic heterocycles. The molecule has 0 unspecified atom stereocenters. The van der Waals surface area contributed by atoms with Gasteiger partial charge in [0.1, 0.15) is 11.2 Å². The predicted octanol–water partition coefficient (Wildman–Crippen LogP) is 2.30. The minimum absolute atomic E-state index is 0.0884. The first-order chi connectivity index (χ1) is 14.6. The quantitative estimate of drug-likeness (QED) is 0.725. The Hall–Kier alpha value is -3.68. The molecule has 0 aliphatic carbocycles. The summed E-state index contributed by atoms with van der Waals surface area (Å²) >= 11 is 0. The topological polar surface area (TPSA) is 89.3 Å². The maximum Gasteiger partial charge on any atom is 0.258 e. The van der Waals surface area contributed by atoms with Crippen LogP contribution in [-0.4, -0.2) is 45.1 Å². The average Bonchev–Trinajstić information content (AvgIpc) is 3.44. The van der Waals surface area contributed by atoms with Crippen molar-refractivity contribution in [2.45, 2.75) is 17.9 Å². The average molecular weight is 403 g/mol. The Morgan fingerprint density at radius 3 is 2.87 bits per heavy atom. The standard InChI is InChI=1S/C22H21N5O3/c1-26-13-14(11-24-26)19-22(16-5-3-4-6-17(16)25-21(22)29)8-10-27(19)20(28)15-7-9-23-12-18(15)30-2/h3-7,9,11-13,19H,8,10H2,1-2H3,(H,25,29)/t19-,22+/m0/s1. The Kier molecular flexibility index (Phi) is 4.09. The zero-order chi connectivity index (χ0) is 20.9. The summed E-state index contributed by atoms with van der Waals surface area (Å²) in [6.07, 6.45) is 7.22. The number of fused-ring (bicyclic) bond motifs is 2. The van der Waals surface area contributed by atoms with Crippen LogP contribution in [0.25, 0.3) is 0 Å². The molecule has 1 saturated heterocycles. The molecule has 1 spiro atoms. The van der Waals surface area contributed by atoms with Crippen molar-refractivity contribution in [2.75, 3.05) is 19.0 Å². The molecule has 2 aliphatic rings. The van der Waals surface area contributed by atoms with Crippen LogP contribution in [-0.2, 0) is 17.3 Å². The normalized spacial score (nSPS) is 22.3. The van der Waals surface area contributed by atoms with Crippen LogP contribution in [0.5, 0.6) is 5.75 Å². The van der Waals surface area contributed by atoms with Gasteiger partial charge in [0.05, 0.1) is 31.1 Å². The Labute approximate surface area is 173 Å². The summed E-state index contributed by atoms with van der Waals surface area (Å²) in [5.74, 6) is 0.122. The highest BCUT2D eigenvalue weighted by molar-refractivity contribution is 6.08. The van der Waals surface area contributed by atoms with Crippen molar-refractivity contribution in [3.05, 3.63) is 71.8 Å². The molecule has 4 heterocycles. The van der Waals surface area contributed by atoms with Gasteiger partial charge in [0.25, 0.3) is 5.91 Å². The van der Waals surface area contributed by atoms with Crippen LogP contribution in [0.1, 0.15) is 33.9 Å². The summed E-state index contributed by atoms with van der Waals surface area (Å²) in [5.41, 5.74) is 2.09. The van der Waals surface area contributed by atoms with Gasteiger partial charge in [0.15, 0.2) is 0 Å². The molecule has 1 aromatic carbocycles. The van der Waals surface area contributed by atoms with Crippen molar-refractivity contribution in [3.63, 3.8) is 0 Å². The monoisotopic (exact) mass is 403 g/mol. The first-order valence-electron chi connectivity index (χ1n) is 9.74. The fourth-order valence-corrected chi connectivity index (χ4v) is 4.82. The fraction of sp³-hybridized carbons (Fsp3) is 0.273. The Balaban J connectivity index is 1.67. The molecular formula is C22H21N5O3. The number of ether oxygens (including phenoxy) is 1. The Morgan fingerprint density at radius 1 is 1.27 bits per heavy atom. The molecular weight excluding hydrogens is 382 g/mol. The van der Waals surface area contributed by atoms with Crippen LogP contribution in [0.2, 0.25) is 0 Å². The molecule has 2 atom stereocenters. The van der Waals surface area contributed by atoms with Crippen molar-refractivity contribution in [3.8, 4) is 5.75 Å². The van der Waals surface area contributed by atoms with Crippen LogP contribution in [0, 0.1) is 0 Å². The van der Waals surface area contributed by atoms with Crippen molar-refractivity contribution in [1.29, 1.82) is 0 Å². The first-order valence-corrected chi connectivity index (χ1v) is 9.74. The number of methoxy groups -OCH3 is 1. The van der Waals surface area contributed by atoms with Gasteiger partial charge in [-0.2, -0.15) is 5.10 Å². The summed E-state index contributed by atoms with van der Waals surface area (Å²) in [7, 11) is 3.34. The zero-order valence-electron chi connectivity index (χ0n) is 16.7. The number of benzene rings is 1. The highest BCUT2D eigenvalue weighted by atomic mass is 16.5.